The molecule has 1 atom stereocenters. The highest BCUT2D eigenvalue weighted by atomic mass is 32.1. The molecule has 10 nitrogen and oxygen atoms in total. The number of amides is 1. The van der Waals surface area contributed by atoms with Crippen LogP contribution >= 0.6 is 11.3 Å². The number of fused-ring (bicyclic) bond motifs is 1. The molecule has 1 aromatic carbocycles. The largest absolute Gasteiger partial charge is 0.505 e. The van der Waals surface area contributed by atoms with Crippen LogP contribution < -0.4 is 14.4 Å². The van der Waals surface area contributed by atoms with E-state index in [-0.39, 0.29) is 22.2 Å². The maximum Gasteiger partial charge on any atom is 0.301 e. The lowest BCUT2D eigenvalue weighted by Crippen LogP contribution is -2.29. The molecule has 0 saturated carbocycles. The molecule has 0 bridgehead atoms. The van der Waals surface area contributed by atoms with Crippen LogP contribution in [0.3, 0.4) is 0 Å². The molecule has 1 N–H and O–H groups in total. The zero-order valence-corrected chi connectivity index (χ0v) is 26.6. The summed E-state index contributed by atoms with van der Waals surface area (Å²) in [5, 5.41) is 12.0. The zero-order chi connectivity index (χ0) is 31.7. The van der Waals surface area contributed by atoms with E-state index in [1.165, 1.54) is 11.8 Å². The summed E-state index contributed by atoms with van der Waals surface area (Å²) in [6.07, 6.45) is 4.82. The number of unbranched alkanes of at least 4 members (excludes halogenated alkanes) is 2. The first kappa shape index (κ1) is 30.9. The van der Waals surface area contributed by atoms with Gasteiger partial charge in [0.15, 0.2) is 28.2 Å². The molecular weight excluding hydrogens is 580 g/mol. The first-order valence-electron chi connectivity index (χ1n) is 14.7. The summed E-state index contributed by atoms with van der Waals surface area (Å²) in [5.41, 5.74) is 3.15. The van der Waals surface area contributed by atoms with Crippen molar-refractivity contribution in [2.75, 3.05) is 18.1 Å². The number of benzene rings is 1. The number of aliphatic hydroxyl groups is 1. The zero-order valence-electron chi connectivity index (χ0n) is 25.8. The summed E-state index contributed by atoms with van der Waals surface area (Å²) in [5.74, 6) is -1.34. The molecular formula is C33H36N4O6S. The van der Waals surface area contributed by atoms with Crippen LogP contribution in [0.25, 0.3) is 11.4 Å². The molecule has 1 fully saturated rings. The number of ether oxygens (including phenoxy) is 2. The molecule has 0 aliphatic carbocycles. The van der Waals surface area contributed by atoms with Gasteiger partial charge < -0.3 is 19.0 Å². The highest BCUT2D eigenvalue weighted by Gasteiger charge is 2.49. The lowest BCUT2D eigenvalue weighted by atomic mass is 9.96. The van der Waals surface area contributed by atoms with Gasteiger partial charge in [-0.1, -0.05) is 43.2 Å². The second kappa shape index (κ2) is 12.6. The average Bonchev–Trinajstić information content (AvgIpc) is 3.63. The van der Waals surface area contributed by atoms with Gasteiger partial charge in [0.1, 0.15) is 11.3 Å². The third-order valence-electron chi connectivity index (χ3n) is 7.65. The second-order valence-corrected chi connectivity index (χ2v) is 11.7. The number of hydrogen-bond acceptors (Lipinski definition) is 9. The smallest absolute Gasteiger partial charge is 0.301 e. The van der Waals surface area contributed by atoms with Crippen molar-refractivity contribution in [3.8, 4) is 11.5 Å². The molecule has 11 heteroatoms. The molecule has 1 aliphatic rings. The van der Waals surface area contributed by atoms with Crippen molar-refractivity contribution in [1.29, 1.82) is 0 Å². The summed E-state index contributed by atoms with van der Waals surface area (Å²) >= 11 is 1.03. The SMILES string of the molecule is CCCCCOc1ccc(C2/C(=C(\O)c3nc4c(C)cccn4c3C)C(=O)C(=O)N2c2nc(C)c(C(C)=O)s2)cc1OCC. The van der Waals surface area contributed by atoms with Gasteiger partial charge in [-0.15, -0.1) is 0 Å². The predicted octanol–water partition coefficient (Wildman–Crippen LogP) is 6.51. The third-order valence-corrected chi connectivity index (χ3v) is 8.91. The van der Waals surface area contributed by atoms with E-state index in [1.807, 2.05) is 36.6 Å². The molecule has 1 unspecified atom stereocenters. The summed E-state index contributed by atoms with van der Waals surface area (Å²) < 4.78 is 13.8. The molecule has 1 amide bonds. The van der Waals surface area contributed by atoms with E-state index >= 15 is 0 Å². The lowest BCUT2D eigenvalue weighted by molar-refractivity contribution is -0.132. The Kier molecular flexibility index (Phi) is 8.87. The Morgan fingerprint density at radius 3 is 2.48 bits per heavy atom. The molecule has 4 heterocycles. The number of aryl methyl sites for hydroxylation is 3. The molecule has 5 rings (SSSR count). The first-order chi connectivity index (χ1) is 21.1. The predicted molar refractivity (Wildman–Crippen MR) is 169 cm³/mol. The Hall–Kier alpha value is -4.51. The summed E-state index contributed by atoms with van der Waals surface area (Å²) in [6, 6.07) is 7.94. The number of nitrogens with zero attached hydrogens (tertiary/aromatic N) is 4. The summed E-state index contributed by atoms with van der Waals surface area (Å²) in [6.45, 7) is 11.7. The quantitative estimate of drug-likeness (QED) is 0.0665. The number of hydrogen-bond donors (Lipinski definition) is 1. The fourth-order valence-electron chi connectivity index (χ4n) is 5.45. The van der Waals surface area contributed by atoms with E-state index in [0.717, 1.165) is 36.2 Å². The van der Waals surface area contributed by atoms with Gasteiger partial charge in [0.05, 0.1) is 41.1 Å². The van der Waals surface area contributed by atoms with Crippen LogP contribution in [-0.2, 0) is 9.59 Å². The van der Waals surface area contributed by atoms with Crippen LogP contribution in [0.5, 0.6) is 11.5 Å². The Morgan fingerprint density at radius 1 is 1.05 bits per heavy atom. The van der Waals surface area contributed by atoms with E-state index in [2.05, 4.69) is 16.9 Å². The van der Waals surface area contributed by atoms with Crippen LogP contribution in [0.15, 0.2) is 42.1 Å². The minimum atomic E-state index is -1.07. The van der Waals surface area contributed by atoms with Crippen molar-refractivity contribution < 1.29 is 29.0 Å². The molecule has 4 aromatic rings. The number of carbonyl (C=O) groups excluding carboxylic acids is 3. The van der Waals surface area contributed by atoms with Gasteiger partial charge in [0, 0.05) is 13.1 Å². The van der Waals surface area contributed by atoms with Gasteiger partial charge >= 0.3 is 5.91 Å². The number of aliphatic hydroxyl groups excluding tert-OH is 1. The molecule has 230 valence electrons. The number of aromatic nitrogens is 3. The van der Waals surface area contributed by atoms with Crippen molar-refractivity contribution in [2.45, 2.75) is 66.8 Å². The van der Waals surface area contributed by atoms with Crippen molar-refractivity contribution in [3.05, 3.63) is 75.2 Å². The van der Waals surface area contributed by atoms with Crippen molar-refractivity contribution >= 4 is 45.3 Å². The van der Waals surface area contributed by atoms with Gasteiger partial charge in [-0.3, -0.25) is 19.3 Å². The number of Topliss-reactive ketones (excluding diaryl/α,β-unsaturated/α-hetero) is 2. The molecule has 0 radical (unpaired) electrons. The normalized spacial score (nSPS) is 16.2. The number of anilines is 1. The molecule has 0 spiro atoms. The highest BCUT2D eigenvalue weighted by molar-refractivity contribution is 7.18. The minimum Gasteiger partial charge on any atom is -0.505 e. The van der Waals surface area contributed by atoms with E-state index in [4.69, 9.17) is 9.47 Å². The van der Waals surface area contributed by atoms with Gasteiger partial charge in [0.2, 0.25) is 0 Å². The topological polar surface area (TPSA) is 123 Å². The molecule has 1 aliphatic heterocycles. The van der Waals surface area contributed by atoms with E-state index in [9.17, 15) is 19.5 Å². The first-order valence-corrected chi connectivity index (χ1v) is 15.5. The minimum absolute atomic E-state index is 0.129. The van der Waals surface area contributed by atoms with E-state index in [0.29, 0.717) is 52.2 Å². The van der Waals surface area contributed by atoms with Crippen molar-refractivity contribution in [1.82, 2.24) is 14.4 Å². The van der Waals surface area contributed by atoms with Crippen molar-refractivity contribution in [2.24, 2.45) is 0 Å². The number of carbonyl (C=O) groups is 3. The van der Waals surface area contributed by atoms with Crippen molar-refractivity contribution in [3.63, 3.8) is 0 Å². The van der Waals surface area contributed by atoms with Crippen LogP contribution in [0.1, 0.15) is 84.0 Å². The van der Waals surface area contributed by atoms with Crippen LogP contribution in [-0.4, -0.2) is 50.2 Å². The third kappa shape index (κ3) is 5.47. The number of ketones is 2. The van der Waals surface area contributed by atoms with Crippen LogP contribution in [0.2, 0.25) is 0 Å². The molecule has 44 heavy (non-hydrogen) atoms. The van der Waals surface area contributed by atoms with Crippen LogP contribution in [0.4, 0.5) is 5.13 Å². The molecule has 1 saturated heterocycles. The van der Waals surface area contributed by atoms with E-state index < -0.39 is 23.5 Å². The average molecular weight is 617 g/mol. The summed E-state index contributed by atoms with van der Waals surface area (Å²) in [4.78, 5) is 50.6. The Balaban J connectivity index is 1.71. The Bertz CT molecular complexity index is 1800. The number of rotatable bonds is 11. The van der Waals surface area contributed by atoms with Gasteiger partial charge in [-0.25, -0.2) is 9.97 Å². The molecule has 3 aromatic heterocycles. The van der Waals surface area contributed by atoms with Gasteiger partial charge in [0.25, 0.3) is 5.78 Å². The maximum atomic E-state index is 13.8. The number of thiazole rings is 1. The monoisotopic (exact) mass is 616 g/mol. The second-order valence-electron chi connectivity index (χ2n) is 10.8. The van der Waals surface area contributed by atoms with Gasteiger partial charge in [-0.05, 0) is 63.4 Å². The van der Waals surface area contributed by atoms with E-state index in [1.54, 1.807) is 32.0 Å². The number of pyridine rings is 1. The highest BCUT2D eigenvalue weighted by Crippen LogP contribution is 2.46. The Morgan fingerprint density at radius 2 is 1.82 bits per heavy atom. The fourth-order valence-corrected chi connectivity index (χ4v) is 6.44. The van der Waals surface area contributed by atoms with Gasteiger partial charge in [-0.2, -0.15) is 0 Å². The Labute approximate surface area is 260 Å². The maximum absolute atomic E-state index is 13.8. The number of imidazole rings is 1. The lowest BCUT2D eigenvalue weighted by Gasteiger charge is -2.24. The standard InChI is InChI=1S/C33H36N4O6S/c1-7-9-10-16-43-23-14-13-22(17-24(23)42-8-2)27-25(28(39)26-20(5)36-15-11-12-18(3)31(36)35-26)29(40)32(41)37(27)33-34-19(4)30(44-33)21(6)38/h11-15,17,27,39H,7-10,16H2,1-6H3/b28-25+. The summed E-state index contributed by atoms with van der Waals surface area (Å²) in [7, 11) is 0. The van der Waals surface area contributed by atoms with Crippen LogP contribution in [0, 0.1) is 20.8 Å². The fraction of sp³-hybridized carbons (Fsp3) is 0.364.